The number of hydrogen-bond donors (Lipinski definition) is 0. The van der Waals surface area contributed by atoms with Crippen molar-refractivity contribution >= 4 is 10.1 Å². The van der Waals surface area contributed by atoms with Crippen LogP contribution in [-0.2, 0) is 10.1 Å². The van der Waals surface area contributed by atoms with Crippen LogP contribution in [0.1, 0.15) is 26.2 Å². The Morgan fingerprint density at radius 2 is 0.969 bits per heavy atom. The van der Waals surface area contributed by atoms with Crippen LogP contribution in [0.3, 0.4) is 0 Å². The van der Waals surface area contributed by atoms with Crippen LogP contribution in [-0.4, -0.2) is 59.9 Å². The van der Waals surface area contributed by atoms with Gasteiger partial charge in [0, 0.05) is 0 Å². The zero-order chi connectivity index (χ0) is 25.7. The van der Waals surface area contributed by atoms with E-state index in [0.29, 0.717) is 0 Å². The summed E-state index contributed by atoms with van der Waals surface area (Å²) in [5.41, 5.74) is 0. The second kappa shape index (κ2) is 9.49. The van der Waals surface area contributed by atoms with Gasteiger partial charge in [-0.3, -0.25) is 0 Å². The number of alkyl halides is 15. The molecule has 0 aromatic rings. The zero-order valence-electron chi connectivity index (χ0n) is 15.5. The van der Waals surface area contributed by atoms with Crippen molar-refractivity contribution in [2.75, 3.05) is 0 Å². The van der Waals surface area contributed by atoms with E-state index in [4.69, 9.17) is 0 Å². The molecule has 0 saturated carbocycles. The number of rotatable bonds is 10. The molecule has 0 radical (unpaired) electrons. The molecule has 0 aliphatic carbocycles. The number of unbranched alkanes of at least 4 members (excludes halogenated alkanes) is 1. The van der Waals surface area contributed by atoms with E-state index in [-0.39, 0.29) is 36.0 Å². The Labute approximate surface area is 191 Å². The number of hydrogen-bond acceptors (Lipinski definition) is 3. The summed E-state index contributed by atoms with van der Waals surface area (Å²) in [6.45, 7) is 1.05. The van der Waals surface area contributed by atoms with Crippen molar-refractivity contribution in [3.8, 4) is 0 Å². The minimum Gasteiger partial charge on any atom is -0.748 e. The first-order valence-electron chi connectivity index (χ1n) is 7.47. The van der Waals surface area contributed by atoms with E-state index < -0.39 is 69.9 Å². The average molecular weight is 542 g/mol. The Morgan fingerprint density at radius 1 is 0.656 bits per heavy atom. The van der Waals surface area contributed by atoms with E-state index >= 15 is 0 Å². The van der Waals surface area contributed by atoms with E-state index in [2.05, 4.69) is 0 Å². The fourth-order valence-corrected chi connectivity index (χ4v) is 3.04. The summed E-state index contributed by atoms with van der Waals surface area (Å²) in [4.78, 5) is 0. The maximum Gasteiger partial charge on any atom is 1.00 e. The van der Waals surface area contributed by atoms with Crippen LogP contribution < -0.4 is 29.6 Å². The molecule has 0 rings (SSSR count). The molecule has 0 aliphatic heterocycles. The molecule has 0 fully saturated rings. The smallest absolute Gasteiger partial charge is 0.748 e. The fraction of sp³-hybridized carbons (Fsp3) is 1.00. The molecular formula is C12H10F15NaO3S. The van der Waals surface area contributed by atoms with E-state index in [1.54, 1.807) is 0 Å². The molecular weight excluding hydrogens is 532 g/mol. The largest absolute Gasteiger partial charge is 1.00 e. The normalized spacial score (nSPS) is 16.5. The van der Waals surface area contributed by atoms with E-state index in [1.165, 1.54) is 0 Å². The molecule has 0 bridgehead atoms. The van der Waals surface area contributed by atoms with Gasteiger partial charge in [0.15, 0.2) is 0 Å². The van der Waals surface area contributed by atoms with Gasteiger partial charge in [0.1, 0.15) is 15.4 Å². The Morgan fingerprint density at radius 3 is 1.25 bits per heavy atom. The predicted molar refractivity (Wildman–Crippen MR) is 68.7 cm³/mol. The monoisotopic (exact) mass is 542 g/mol. The molecule has 32 heavy (non-hydrogen) atoms. The summed E-state index contributed by atoms with van der Waals surface area (Å²) in [5, 5.41) is -4.45. The van der Waals surface area contributed by atoms with Crippen LogP contribution >= 0.6 is 0 Å². The van der Waals surface area contributed by atoms with Gasteiger partial charge in [-0.05, 0) is 6.42 Å². The predicted octanol–water partition coefficient (Wildman–Crippen LogP) is 2.47. The zero-order valence-corrected chi connectivity index (χ0v) is 18.3. The summed E-state index contributed by atoms with van der Waals surface area (Å²) in [6, 6.07) is 0. The third kappa shape index (κ3) is 5.10. The van der Waals surface area contributed by atoms with Crippen molar-refractivity contribution in [3.05, 3.63) is 0 Å². The molecule has 0 aromatic heterocycles. The molecule has 0 unspecified atom stereocenters. The van der Waals surface area contributed by atoms with Gasteiger partial charge in [-0.15, -0.1) is 0 Å². The molecule has 0 aliphatic rings. The molecule has 20 heteroatoms. The third-order valence-corrected chi connectivity index (χ3v) is 5.15. The summed E-state index contributed by atoms with van der Waals surface area (Å²) in [6.07, 6.45) is -10.9. The molecule has 0 N–H and O–H groups in total. The molecule has 1 atom stereocenters. The maximum absolute atomic E-state index is 13.8. The van der Waals surface area contributed by atoms with Crippen molar-refractivity contribution in [1.29, 1.82) is 0 Å². The van der Waals surface area contributed by atoms with Crippen molar-refractivity contribution in [1.82, 2.24) is 0 Å². The Hall–Kier alpha value is -0.140. The quantitative estimate of drug-likeness (QED) is 0.242. The van der Waals surface area contributed by atoms with Crippen molar-refractivity contribution in [2.24, 2.45) is 0 Å². The fourth-order valence-electron chi connectivity index (χ4n) is 2.08. The van der Waals surface area contributed by atoms with E-state index in [9.17, 15) is 78.8 Å². The maximum atomic E-state index is 13.8. The van der Waals surface area contributed by atoms with Crippen molar-refractivity contribution in [2.45, 2.75) is 73.1 Å². The Kier molecular flexibility index (Phi) is 10.1. The minimum atomic E-state index is -8.53. The first-order valence-corrected chi connectivity index (χ1v) is 8.95. The molecule has 0 heterocycles. The number of halogens is 15. The first-order chi connectivity index (χ1) is 13.2. The molecule has 3 nitrogen and oxygen atoms in total. The summed E-state index contributed by atoms with van der Waals surface area (Å²) in [5.74, 6) is -48.7. The van der Waals surface area contributed by atoms with Crippen LogP contribution in [0.5, 0.6) is 0 Å². The molecule has 0 spiro atoms. The van der Waals surface area contributed by atoms with Gasteiger partial charge in [0.2, 0.25) is 0 Å². The van der Waals surface area contributed by atoms with Crippen LogP contribution in [0, 0.1) is 0 Å². The van der Waals surface area contributed by atoms with Gasteiger partial charge in [-0.25, -0.2) is 8.42 Å². The van der Waals surface area contributed by atoms with Crippen molar-refractivity contribution in [3.63, 3.8) is 0 Å². The molecule has 188 valence electrons. The van der Waals surface area contributed by atoms with Gasteiger partial charge >= 0.3 is 71.3 Å². The van der Waals surface area contributed by atoms with Gasteiger partial charge in [-0.2, -0.15) is 65.9 Å². The van der Waals surface area contributed by atoms with E-state index in [1.807, 2.05) is 0 Å². The van der Waals surface area contributed by atoms with Gasteiger partial charge in [0.25, 0.3) is 0 Å². The third-order valence-electron chi connectivity index (χ3n) is 3.92. The van der Waals surface area contributed by atoms with Gasteiger partial charge in [-0.1, -0.05) is 19.8 Å². The van der Waals surface area contributed by atoms with Crippen LogP contribution in [0.4, 0.5) is 65.9 Å². The second-order valence-corrected chi connectivity index (χ2v) is 7.67. The molecule has 0 aromatic carbocycles. The Balaban J connectivity index is 0. The average Bonchev–Trinajstić information content (AvgIpc) is 2.51. The summed E-state index contributed by atoms with van der Waals surface area (Å²) < 4.78 is 228. The minimum absolute atomic E-state index is 0. The molecule has 0 amide bonds. The standard InChI is InChI=1S/C12H11F15O3S.Na/c1-2-3-4-5(31(28,29)30)6(13,14)7(15,16)8(17,18)9(19,20)10(21,22)11(23,24)12(25,26)27;/h5H,2-4H2,1H3,(H,28,29,30);/q;+1/p-1/t5-;/m0./s1. The Bertz CT molecular complexity index is 747. The van der Waals surface area contributed by atoms with E-state index in [0.717, 1.165) is 6.92 Å². The van der Waals surface area contributed by atoms with Crippen LogP contribution in [0.15, 0.2) is 0 Å². The first kappa shape index (κ1) is 34.0. The van der Waals surface area contributed by atoms with Gasteiger partial charge in [0.05, 0.1) is 0 Å². The summed E-state index contributed by atoms with van der Waals surface area (Å²) in [7, 11) is -6.74. The topological polar surface area (TPSA) is 57.2 Å². The van der Waals surface area contributed by atoms with Crippen LogP contribution in [0.25, 0.3) is 0 Å². The van der Waals surface area contributed by atoms with Crippen molar-refractivity contribution < 1.29 is 108 Å². The summed E-state index contributed by atoms with van der Waals surface area (Å²) >= 11 is 0. The SMILES string of the molecule is CCCC[C@@H](C(F)(F)C(F)(F)C(F)(F)C(F)(F)C(F)(F)C(F)(F)C(F)(F)F)S(=O)(=O)[O-].[Na+]. The van der Waals surface area contributed by atoms with Gasteiger partial charge < -0.3 is 4.55 Å². The van der Waals surface area contributed by atoms with Crippen LogP contribution in [0.2, 0.25) is 0 Å². The second-order valence-electron chi connectivity index (χ2n) is 6.12. The molecule has 0 saturated heterocycles.